The smallest absolute Gasteiger partial charge is 0.210 e. The average Bonchev–Trinajstić information content (AvgIpc) is 2.89. The molecule has 1 aromatic heterocycles. The third kappa shape index (κ3) is 3.23. The third-order valence-corrected chi connectivity index (χ3v) is 7.31. The molecule has 1 aliphatic carbocycles. The van der Waals surface area contributed by atoms with Gasteiger partial charge in [0, 0.05) is 16.9 Å². The van der Waals surface area contributed by atoms with E-state index < -0.39 is 10.0 Å². The van der Waals surface area contributed by atoms with Crippen LogP contribution in [0.25, 0.3) is 0 Å². The highest BCUT2D eigenvalue weighted by Crippen LogP contribution is 2.48. The molecular weight excluding hydrogens is 346 g/mol. The van der Waals surface area contributed by atoms with E-state index in [0.717, 1.165) is 19.3 Å². The second-order valence-corrected chi connectivity index (χ2v) is 8.43. The van der Waals surface area contributed by atoms with E-state index in [-0.39, 0.29) is 5.41 Å². The lowest BCUT2D eigenvalue weighted by atomic mass is 10.1. The summed E-state index contributed by atoms with van der Waals surface area (Å²) >= 11 is 10.2. The molecule has 0 aliphatic heterocycles. The molecule has 3 nitrogen and oxygen atoms in total. The van der Waals surface area contributed by atoms with Gasteiger partial charge in [0.1, 0.15) is 4.21 Å². The van der Waals surface area contributed by atoms with Crippen LogP contribution in [0.4, 0.5) is 0 Å². The highest BCUT2D eigenvalue weighted by molar-refractivity contribution is 9.10. The number of sulfonamides is 1. The van der Waals surface area contributed by atoms with Gasteiger partial charge in [0.25, 0.3) is 10.0 Å². The summed E-state index contributed by atoms with van der Waals surface area (Å²) in [5, 5.41) is 1.75. The van der Waals surface area contributed by atoms with Crippen molar-refractivity contribution in [3.8, 4) is 0 Å². The van der Waals surface area contributed by atoms with Gasteiger partial charge in [-0.2, -0.15) is 0 Å². The molecule has 1 N–H and O–H groups in total. The fraction of sp³-hybridized carbons (Fsp3) is 0.600. The molecule has 0 aromatic carbocycles. The Morgan fingerprint density at radius 3 is 2.71 bits per heavy atom. The molecule has 1 saturated carbocycles. The first kappa shape index (κ1) is 13.8. The molecule has 1 aliphatic rings. The van der Waals surface area contributed by atoms with Crippen LogP contribution in [-0.4, -0.2) is 20.8 Å². The fourth-order valence-electron chi connectivity index (χ4n) is 1.68. The minimum Gasteiger partial charge on any atom is -0.210 e. The normalized spacial score (nSPS) is 18.2. The lowest BCUT2D eigenvalue weighted by Gasteiger charge is -2.14. The molecular formula is C10H13BrClNO2S2. The number of alkyl halides is 1. The lowest BCUT2D eigenvalue weighted by molar-refractivity contribution is 0.478. The van der Waals surface area contributed by atoms with Crippen LogP contribution in [0.2, 0.25) is 0 Å². The van der Waals surface area contributed by atoms with Crippen LogP contribution < -0.4 is 4.72 Å². The Labute approximate surface area is 119 Å². The Hall–Kier alpha value is 0.380. The van der Waals surface area contributed by atoms with Crippen molar-refractivity contribution in [1.29, 1.82) is 0 Å². The van der Waals surface area contributed by atoms with Crippen molar-refractivity contribution in [2.75, 3.05) is 12.4 Å². The predicted octanol–water partition coefficient (Wildman–Crippen LogP) is 3.20. The van der Waals surface area contributed by atoms with Gasteiger partial charge in [0.2, 0.25) is 0 Å². The van der Waals surface area contributed by atoms with Gasteiger partial charge in [-0.25, -0.2) is 13.1 Å². The second-order valence-electron chi connectivity index (χ2n) is 4.32. The van der Waals surface area contributed by atoms with Crippen molar-refractivity contribution in [3.63, 3.8) is 0 Å². The van der Waals surface area contributed by atoms with Crippen molar-refractivity contribution < 1.29 is 8.42 Å². The van der Waals surface area contributed by atoms with E-state index >= 15 is 0 Å². The summed E-state index contributed by atoms with van der Waals surface area (Å²) in [6.07, 6.45) is 3.00. The fourth-order valence-corrected chi connectivity index (χ4v) is 5.62. The van der Waals surface area contributed by atoms with Crippen LogP contribution >= 0.6 is 38.9 Å². The van der Waals surface area contributed by atoms with Crippen LogP contribution in [0, 0.1) is 5.41 Å². The van der Waals surface area contributed by atoms with Gasteiger partial charge in [-0.05, 0) is 52.1 Å². The van der Waals surface area contributed by atoms with Crippen molar-refractivity contribution in [3.05, 3.63) is 15.9 Å². The van der Waals surface area contributed by atoms with Crippen molar-refractivity contribution in [2.45, 2.75) is 23.5 Å². The van der Waals surface area contributed by atoms with E-state index in [0.29, 0.717) is 21.1 Å². The van der Waals surface area contributed by atoms with E-state index in [1.54, 1.807) is 11.4 Å². The minimum absolute atomic E-state index is 0.110. The van der Waals surface area contributed by atoms with Gasteiger partial charge in [0.05, 0.1) is 0 Å². The van der Waals surface area contributed by atoms with Crippen LogP contribution in [0.15, 0.2) is 20.1 Å². The summed E-state index contributed by atoms with van der Waals surface area (Å²) in [6.45, 7) is 0.492. The highest BCUT2D eigenvalue weighted by Gasteiger charge is 2.42. The molecule has 0 saturated heterocycles. The first-order valence-corrected chi connectivity index (χ1v) is 8.97. The molecule has 7 heteroatoms. The molecule has 1 fully saturated rings. The molecule has 0 radical (unpaired) electrons. The molecule has 96 valence electrons. The number of hydrogen-bond donors (Lipinski definition) is 1. The summed E-state index contributed by atoms with van der Waals surface area (Å²) in [5.41, 5.74) is 0.110. The van der Waals surface area contributed by atoms with Gasteiger partial charge in [-0.1, -0.05) is 0 Å². The number of rotatable bonds is 6. The summed E-state index contributed by atoms with van der Waals surface area (Å²) in [6, 6.07) is 1.74. The van der Waals surface area contributed by atoms with Crippen molar-refractivity contribution >= 4 is 48.9 Å². The molecule has 2 rings (SSSR count). The Morgan fingerprint density at radius 1 is 1.53 bits per heavy atom. The molecule has 0 bridgehead atoms. The monoisotopic (exact) mass is 357 g/mol. The average molecular weight is 359 g/mol. The largest absolute Gasteiger partial charge is 0.251 e. The molecule has 17 heavy (non-hydrogen) atoms. The molecule has 0 spiro atoms. The zero-order valence-electron chi connectivity index (χ0n) is 9.08. The molecule has 1 aromatic rings. The summed E-state index contributed by atoms with van der Waals surface area (Å²) < 4.78 is 27.7. The predicted molar refractivity (Wildman–Crippen MR) is 74.2 cm³/mol. The minimum atomic E-state index is -3.38. The van der Waals surface area contributed by atoms with Crippen LogP contribution in [-0.2, 0) is 10.0 Å². The standard InChI is InChI=1S/C10H13BrClNO2S2/c11-8-1-6-16-9(8)17(14,15)13-7-10(2-3-10)4-5-12/h1,6,13H,2-5,7H2. The van der Waals surface area contributed by atoms with Crippen molar-refractivity contribution in [1.82, 2.24) is 4.72 Å². The SMILES string of the molecule is O=S(=O)(NCC1(CCCl)CC1)c1sccc1Br. The molecule has 0 atom stereocenters. The maximum Gasteiger partial charge on any atom is 0.251 e. The Kier molecular flexibility index (Phi) is 4.20. The maximum atomic E-state index is 12.0. The number of halogens is 2. The summed E-state index contributed by atoms with van der Waals surface area (Å²) in [5.74, 6) is 0.588. The van der Waals surface area contributed by atoms with Crippen molar-refractivity contribution in [2.24, 2.45) is 5.41 Å². The van der Waals surface area contributed by atoms with E-state index in [1.165, 1.54) is 11.3 Å². The number of thiophene rings is 1. The van der Waals surface area contributed by atoms with Gasteiger partial charge >= 0.3 is 0 Å². The topological polar surface area (TPSA) is 46.2 Å². The number of nitrogens with one attached hydrogen (secondary N) is 1. The zero-order chi connectivity index (χ0) is 12.5. The molecule has 1 heterocycles. The molecule has 0 amide bonds. The van der Waals surface area contributed by atoms with E-state index in [2.05, 4.69) is 20.7 Å². The quantitative estimate of drug-likeness (QED) is 0.794. The first-order valence-electron chi connectivity index (χ1n) is 5.28. The summed E-state index contributed by atoms with van der Waals surface area (Å²) in [7, 11) is -3.38. The molecule has 0 unspecified atom stereocenters. The van der Waals surface area contributed by atoms with Gasteiger partial charge in [0.15, 0.2) is 0 Å². The van der Waals surface area contributed by atoms with E-state index in [1.807, 2.05) is 0 Å². The third-order valence-electron chi connectivity index (χ3n) is 3.05. The van der Waals surface area contributed by atoms with Crippen LogP contribution in [0.3, 0.4) is 0 Å². The van der Waals surface area contributed by atoms with E-state index in [9.17, 15) is 8.42 Å². The Bertz CT molecular complexity index is 496. The summed E-state index contributed by atoms with van der Waals surface area (Å²) in [4.78, 5) is 0. The van der Waals surface area contributed by atoms with E-state index in [4.69, 9.17) is 11.6 Å². The van der Waals surface area contributed by atoms with Crippen LogP contribution in [0.1, 0.15) is 19.3 Å². The highest BCUT2D eigenvalue weighted by atomic mass is 79.9. The zero-order valence-corrected chi connectivity index (χ0v) is 13.1. The lowest BCUT2D eigenvalue weighted by Crippen LogP contribution is -2.30. The van der Waals surface area contributed by atoms with Gasteiger partial charge in [-0.3, -0.25) is 0 Å². The Morgan fingerprint density at radius 2 is 2.24 bits per heavy atom. The first-order chi connectivity index (χ1) is 7.99. The van der Waals surface area contributed by atoms with Crippen LogP contribution in [0.5, 0.6) is 0 Å². The number of hydrogen-bond acceptors (Lipinski definition) is 3. The van der Waals surface area contributed by atoms with Gasteiger partial charge in [-0.15, -0.1) is 22.9 Å². The second kappa shape index (κ2) is 5.17. The van der Waals surface area contributed by atoms with Gasteiger partial charge < -0.3 is 0 Å². The maximum absolute atomic E-state index is 12.0. The Balaban J connectivity index is 2.02.